The van der Waals surface area contributed by atoms with E-state index in [1.54, 1.807) is 7.11 Å². The number of methoxy groups -OCH3 is 1. The highest BCUT2D eigenvalue weighted by Gasteiger charge is 2.15. The van der Waals surface area contributed by atoms with Crippen LogP contribution in [0.1, 0.15) is 30.5 Å². The van der Waals surface area contributed by atoms with Crippen molar-refractivity contribution >= 4 is 28.9 Å². The van der Waals surface area contributed by atoms with Gasteiger partial charge in [-0.05, 0) is 37.1 Å². The summed E-state index contributed by atoms with van der Waals surface area (Å²) in [5.41, 5.74) is 2.91. The fourth-order valence-electron chi connectivity index (χ4n) is 2.30. The van der Waals surface area contributed by atoms with Gasteiger partial charge < -0.3 is 10.1 Å². The lowest BCUT2D eigenvalue weighted by Crippen LogP contribution is -2.11. The molecule has 4 heteroatoms. The third-order valence-corrected chi connectivity index (χ3v) is 4.22. The first-order valence-corrected chi connectivity index (χ1v) is 7.67. The quantitative estimate of drug-likeness (QED) is 0.742. The highest BCUT2D eigenvalue weighted by Crippen LogP contribution is 2.34. The lowest BCUT2D eigenvalue weighted by Gasteiger charge is -2.22. The minimum Gasteiger partial charge on any atom is -0.496 e. The molecule has 0 amide bonds. The summed E-state index contributed by atoms with van der Waals surface area (Å²) in [5.74, 6) is 0.867. The molecule has 0 aliphatic carbocycles. The molecule has 2 rings (SSSR count). The Morgan fingerprint density at radius 3 is 2.52 bits per heavy atom. The molecule has 0 heterocycles. The predicted molar refractivity (Wildman–Crippen MR) is 90.8 cm³/mol. The Kier molecular flexibility index (Phi) is 5.38. The molecule has 2 aromatic carbocycles. The Labute approximate surface area is 136 Å². The summed E-state index contributed by atoms with van der Waals surface area (Å²) < 4.78 is 5.44. The highest BCUT2D eigenvalue weighted by molar-refractivity contribution is 6.35. The number of hydrogen-bond donors (Lipinski definition) is 1. The first kappa shape index (κ1) is 16.0. The molecule has 0 saturated carbocycles. The second kappa shape index (κ2) is 7.06. The van der Waals surface area contributed by atoms with Crippen LogP contribution in [0.25, 0.3) is 0 Å². The maximum atomic E-state index is 6.31. The van der Waals surface area contributed by atoms with Gasteiger partial charge in [0, 0.05) is 10.6 Å². The van der Waals surface area contributed by atoms with Gasteiger partial charge in [0.25, 0.3) is 0 Å². The van der Waals surface area contributed by atoms with E-state index in [0.717, 1.165) is 29.0 Å². The van der Waals surface area contributed by atoms with Crippen LogP contribution in [0, 0.1) is 6.92 Å². The van der Waals surface area contributed by atoms with E-state index in [9.17, 15) is 0 Å². The Hall–Kier alpha value is -1.38. The normalized spacial score (nSPS) is 12.0. The number of ether oxygens (including phenoxy) is 1. The van der Waals surface area contributed by atoms with Gasteiger partial charge in [0.2, 0.25) is 0 Å². The Morgan fingerprint density at radius 1 is 1.14 bits per heavy atom. The van der Waals surface area contributed by atoms with Gasteiger partial charge in [-0.3, -0.25) is 0 Å². The van der Waals surface area contributed by atoms with Crippen molar-refractivity contribution in [1.82, 2.24) is 0 Å². The lowest BCUT2D eigenvalue weighted by molar-refractivity contribution is 0.406. The fourth-order valence-corrected chi connectivity index (χ4v) is 2.74. The van der Waals surface area contributed by atoms with Gasteiger partial charge in [-0.25, -0.2) is 0 Å². The van der Waals surface area contributed by atoms with Gasteiger partial charge >= 0.3 is 0 Å². The monoisotopic (exact) mass is 323 g/mol. The number of benzene rings is 2. The second-order valence-corrected chi connectivity index (χ2v) is 5.74. The van der Waals surface area contributed by atoms with E-state index in [4.69, 9.17) is 27.9 Å². The van der Waals surface area contributed by atoms with Gasteiger partial charge in [0.15, 0.2) is 0 Å². The van der Waals surface area contributed by atoms with Crippen molar-refractivity contribution in [3.05, 3.63) is 57.6 Å². The summed E-state index contributed by atoms with van der Waals surface area (Å²) in [4.78, 5) is 0. The molecule has 1 unspecified atom stereocenters. The molecule has 0 aliphatic rings. The number of para-hydroxylation sites is 1. The zero-order valence-electron chi connectivity index (χ0n) is 12.4. The largest absolute Gasteiger partial charge is 0.496 e. The van der Waals surface area contributed by atoms with Crippen LogP contribution in [-0.2, 0) is 0 Å². The van der Waals surface area contributed by atoms with E-state index >= 15 is 0 Å². The topological polar surface area (TPSA) is 21.3 Å². The summed E-state index contributed by atoms with van der Waals surface area (Å²) in [6.07, 6.45) is 0.905. The van der Waals surface area contributed by atoms with Gasteiger partial charge in [-0.2, -0.15) is 0 Å². The Bertz CT molecular complexity index is 628. The molecule has 0 radical (unpaired) electrons. The molecule has 21 heavy (non-hydrogen) atoms. The van der Waals surface area contributed by atoms with Crippen LogP contribution in [-0.4, -0.2) is 7.11 Å². The van der Waals surface area contributed by atoms with Gasteiger partial charge in [-0.1, -0.05) is 48.3 Å². The van der Waals surface area contributed by atoms with E-state index in [0.29, 0.717) is 10.0 Å². The van der Waals surface area contributed by atoms with E-state index in [1.807, 2.05) is 37.3 Å². The third kappa shape index (κ3) is 3.63. The van der Waals surface area contributed by atoms with Crippen molar-refractivity contribution in [2.24, 2.45) is 0 Å². The van der Waals surface area contributed by atoms with Crippen molar-refractivity contribution in [3.8, 4) is 5.75 Å². The van der Waals surface area contributed by atoms with Crippen LogP contribution in [0.2, 0.25) is 10.0 Å². The number of rotatable bonds is 5. The van der Waals surface area contributed by atoms with Crippen LogP contribution < -0.4 is 10.1 Å². The van der Waals surface area contributed by atoms with Crippen LogP contribution in [0.15, 0.2) is 36.4 Å². The molecule has 0 fully saturated rings. The van der Waals surface area contributed by atoms with Crippen molar-refractivity contribution in [1.29, 1.82) is 0 Å². The van der Waals surface area contributed by atoms with Crippen LogP contribution in [0.3, 0.4) is 0 Å². The molecule has 0 spiro atoms. The summed E-state index contributed by atoms with van der Waals surface area (Å²) >= 11 is 12.5. The minimum atomic E-state index is 0.109. The molecule has 2 aromatic rings. The standard InChI is InChI=1S/C17H19Cl2NO/c1-4-15(12-7-5-6-8-17(12)21-3)20-16-10-13(18)11(2)9-14(16)19/h5-10,15,20H,4H2,1-3H3. The Balaban J connectivity index is 2.33. The molecule has 0 bridgehead atoms. The molecule has 112 valence electrons. The molecular weight excluding hydrogens is 305 g/mol. The zero-order chi connectivity index (χ0) is 15.4. The molecule has 1 atom stereocenters. The number of hydrogen-bond acceptors (Lipinski definition) is 2. The lowest BCUT2D eigenvalue weighted by atomic mass is 10.0. The van der Waals surface area contributed by atoms with Crippen LogP contribution in [0.4, 0.5) is 5.69 Å². The maximum Gasteiger partial charge on any atom is 0.124 e. The third-order valence-electron chi connectivity index (χ3n) is 3.50. The summed E-state index contributed by atoms with van der Waals surface area (Å²) in [6, 6.07) is 11.8. The van der Waals surface area contributed by atoms with Crippen LogP contribution in [0.5, 0.6) is 5.75 Å². The minimum absolute atomic E-state index is 0.109. The molecule has 0 aliphatic heterocycles. The van der Waals surface area contributed by atoms with Gasteiger partial charge in [-0.15, -0.1) is 0 Å². The van der Waals surface area contributed by atoms with Gasteiger partial charge in [0.1, 0.15) is 5.75 Å². The highest BCUT2D eigenvalue weighted by atomic mass is 35.5. The van der Waals surface area contributed by atoms with Crippen molar-refractivity contribution < 1.29 is 4.74 Å². The summed E-state index contributed by atoms with van der Waals surface area (Å²) in [6.45, 7) is 4.06. The van der Waals surface area contributed by atoms with Crippen LogP contribution >= 0.6 is 23.2 Å². The Morgan fingerprint density at radius 2 is 1.86 bits per heavy atom. The average molecular weight is 324 g/mol. The first-order chi connectivity index (χ1) is 10.1. The number of aryl methyl sites for hydroxylation is 1. The van der Waals surface area contributed by atoms with Crippen molar-refractivity contribution in [2.45, 2.75) is 26.3 Å². The van der Waals surface area contributed by atoms with E-state index in [-0.39, 0.29) is 6.04 Å². The maximum absolute atomic E-state index is 6.31. The predicted octanol–water partition coefficient (Wildman–Crippen LogP) is 5.87. The molecule has 0 saturated heterocycles. The zero-order valence-corrected chi connectivity index (χ0v) is 13.9. The van der Waals surface area contributed by atoms with E-state index in [1.165, 1.54) is 0 Å². The first-order valence-electron chi connectivity index (χ1n) is 6.92. The SMILES string of the molecule is CCC(Nc1cc(Cl)c(C)cc1Cl)c1ccccc1OC. The van der Waals surface area contributed by atoms with Gasteiger partial charge in [0.05, 0.1) is 23.9 Å². The van der Waals surface area contributed by atoms with E-state index < -0.39 is 0 Å². The smallest absolute Gasteiger partial charge is 0.124 e. The van der Waals surface area contributed by atoms with Crippen molar-refractivity contribution in [2.75, 3.05) is 12.4 Å². The van der Waals surface area contributed by atoms with Crippen molar-refractivity contribution in [3.63, 3.8) is 0 Å². The average Bonchev–Trinajstić information content (AvgIpc) is 2.49. The number of nitrogens with one attached hydrogen (secondary N) is 1. The second-order valence-electron chi connectivity index (χ2n) is 4.93. The molecule has 2 nitrogen and oxygen atoms in total. The van der Waals surface area contributed by atoms with E-state index in [2.05, 4.69) is 18.3 Å². The number of anilines is 1. The molecule has 1 N–H and O–H groups in total. The molecule has 0 aromatic heterocycles. The summed E-state index contributed by atoms with van der Waals surface area (Å²) in [5, 5.41) is 4.84. The fraction of sp³-hybridized carbons (Fsp3) is 0.294. The molecular formula is C17H19Cl2NO. The summed E-state index contributed by atoms with van der Waals surface area (Å²) in [7, 11) is 1.68. The number of halogens is 2.